The van der Waals surface area contributed by atoms with E-state index in [1.807, 2.05) is 0 Å². The number of unbranched alkanes of at least 4 members (excludes halogenated alkanes) is 22. The van der Waals surface area contributed by atoms with Crippen molar-refractivity contribution in [1.82, 2.24) is 0 Å². The summed E-state index contributed by atoms with van der Waals surface area (Å²) in [5, 5.41) is 0. The maximum Gasteiger partial charge on any atom is 0.306 e. The van der Waals surface area contributed by atoms with E-state index in [1.54, 1.807) is 0 Å². The fraction of sp³-hybridized carbons (Fsp3) is 0.657. The lowest BCUT2D eigenvalue weighted by Crippen LogP contribution is -2.30. The minimum atomic E-state index is -0.799. The van der Waals surface area contributed by atoms with Crippen LogP contribution in [-0.2, 0) is 28.6 Å². The molecule has 0 saturated heterocycles. The van der Waals surface area contributed by atoms with Gasteiger partial charge < -0.3 is 14.2 Å². The molecule has 0 N–H and O–H groups in total. The zero-order valence-corrected chi connectivity index (χ0v) is 47.4. The van der Waals surface area contributed by atoms with Crippen LogP contribution in [0.4, 0.5) is 0 Å². The van der Waals surface area contributed by atoms with Crippen LogP contribution in [0.1, 0.15) is 265 Å². The van der Waals surface area contributed by atoms with Gasteiger partial charge in [0.1, 0.15) is 13.2 Å². The van der Waals surface area contributed by atoms with Crippen LogP contribution in [0.5, 0.6) is 0 Å². The highest BCUT2D eigenvalue weighted by molar-refractivity contribution is 5.71. The van der Waals surface area contributed by atoms with Crippen molar-refractivity contribution in [3.8, 4) is 0 Å². The third-order valence-electron chi connectivity index (χ3n) is 12.5. The Morgan fingerprint density at radius 1 is 0.288 bits per heavy atom. The molecular weight excluding hydrogens is 901 g/mol. The molecule has 414 valence electrons. The molecule has 0 radical (unpaired) electrons. The van der Waals surface area contributed by atoms with Crippen molar-refractivity contribution in [1.29, 1.82) is 0 Å². The Bertz CT molecular complexity index is 1540. The van der Waals surface area contributed by atoms with Crippen molar-refractivity contribution in [2.45, 2.75) is 271 Å². The van der Waals surface area contributed by atoms with Gasteiger partial charge in [0.25, 0.3) is 0 Å². The molecule has 0 amide bonds. The molecule has 0 aliphatic heterocycles. The number of carbonyl (C=O) groups excluding carboxylic acids is 3. The Labute approximate surface area is 450 Å². The maximum absolute atomic E-state index is 12.8. The molecule has 6 heteroatoms. The summed E-state index contributed by atoms with van der Waals surface area (Å²) in [7, 11) is 0. The van der Waals surface area contributed by atoms with Crippen molar-refractivity contribution in [2.75, 3.05) is 13.2 Å². The second kappa shape index (κ2) is 60.4. The van der Waals surface area contributed by atoms with Gasteiger partial charge in [0.05, 0.1) is 0 Å². The van der Waals surface area contributed by atoms with Gasteiger partial charge in [0, 0.05) is 19.3 Å². The normalized spacial score (nSPS) is 13.0. The van der Waals surface area contributed by atoms with E-state index in [2.05, 4.69) is 142 Å². The zero-order chi connectivity index (χ0) is 52.9. The quantitative estimate of drug-likeness (QED) is 0.0261. The molecule has 0 aliphatic rings. The van der Waals surface area contributed by atoms with E-state index >= 15 is 0 Å². The van der Waals surface area contributed by atoms with E-state index in [0.29, 0.717) is 19.3 Å². The molecule has 0 bridgehead atoms. The largest absolute Gasteiger partial charge is 0.462 e. The lowest BCUT2D eigenvalue weighted by molar-refractivity contribution is -0.167. The number of esters is 3. The van der Waals surface area contributed by atoms with Crippen LogP contribution in [-0.4, -0.2) is 37.2 Å². The molecule has 0 spiro atoms. The highest BCUT2D eigenvalue weighted by atomic mass is 16.6. The Hall–Kier alpha value is -4.19. The summed E-state index contributed by atoms with van der Waals surface area (Å²) in [6.45, 7) is 6.43. The number of ether oxygens (including phenoxy) is 3. The minimum absolute atomic E-state index is 0.0953. The molecule has 0 aromatic rings. The summed E-state index contributed by atoms with van der Waals surface area (Å²) in [5.41, 5.74) is 0. The lowest BCUT2D eigenvalue weighted by Gasteiger charge is -2.18. The molecule has 6 nitrogen and oxygen atoms in total. The summed E-state index contributed by atoms with van der Waals surface area (Å²) in [6.07, 6.45) is 83.6. The van der Waals surface area contributed by atoms with Gasteiger partial charge in [-0.15, -0.1) is 0 Å². The van der Waals surface area contributed by atoms with Gasteiger partial charge in [-0.3, -0.25) is 14.4 Å². The van der Waals surface area contributed by atoms with Crippen LogP contribution in [0.2, 0.25) is 0 Å². The molecule has 0 saturated carbocycles. The second-order valence-corrected chi connectivity index (χ2v) is 19.5. The topological polar surface area (TPSA) is 78.9 Å². The molecule has 73 heavy (non-hydrogen) atoms. The van der Waals surface area contributed by atoms with Gasteiger partial charge in [-0.05, 0) is 116 Å². The number of hydrogen-bond acceptors (Lipinski definition) is 6. The van der Waals surface area contributed by atoms with Crippen molar-refractivity contribution in [2.24, 2.45) is 0 Å². The second-order valence-electron chi connectivity index (χ2n) is 19.5. The number of carbonyl (C=O) groups is 3. The first-order valence-corrected chi connectivity index (χ1v) is 30.0. The van der Waals surface area contributed by atoms with Gasteiger partial charge in [0.2, 0.25) is 0 Å². The first kappa shape index (κ1) is 68.8. The first-order chi connectivity index (χ1) is 36.0. The summed E-state index contributed by atoms with van der Waals surface area (Å²) in [5.74, 6) is -0.953. The van der Waals surface area contributed by atoms with E-state index in [9.17, 15) is 14.4 Å². The van der Waals surface area contributed by atoms with Gasteiger partial charge in [-0.1, -0.05) is 251 Å². The summed E-state index contributed by atoms with van der Waals surface area (Å²) >= 11 is 0. The third kappa shape index (κ3) is 58.6. The van der Waals surface area contributed by atoms with E-state index in [0.717, 1.165) is 116 Å². The smallest absolute Gasteiger partial charge is 0.306 e. The lowest BCUT2D eigenvalue weighted by atomic mass is 10.1. The number of allylic oxidation sites excluding steroid dienone is 20. The van der Waals surface area contributed by atoms with Crippen molar-refractivity contribution < 1.29 is 28.6 Å². The Kier molecular flexibility index (Phi) is 56.9. The Morgan fingerprint density at radius 2 is 0.534 bits per heavy atom. The number of rotatable bonds is 53. The molecule has 1 atom stereocenters. The monoisotopic (exact) mass is 1010 g/mol. The Balaban J connectivity index is 4.30. The van der Waals surface area contributed by atoms with Crippen LogP contribution >= 0.6 is 0 Å². The van der Waals surface area contributed by atoms with Crippen molar-refractivity contribution >= 4 is 17.9 Å². The van der Waals surface area contributed by atoms with Crippen molar-refractivity contribution in [3.63, 3.8) is 0 Å². The fourth-order valence-corrected chi connectivity index (χ4v) is 7.96. The van der Waals surface area contributed by atoms with Crippen molar-refractivity contribution in [3.05, 3.63) is 122 Å². The molecule has 0 rings (SSSR count). The van der Waals surface area contributed by atoms with Gasteiger partial charge >= 0.3 is 17.9 Å². The molecule has 0 aliphatic carbocycles. The van der Waals surface area contributed by atoms with Crippen LogP contribution in [0.25, 0.3) is 0 Å². The predicted molar refractivity (Wildman–Crippen MR) is 316 cm³/mol. The van der Waals surface area contributed by atoms with E-state index in [1.165, 1.54) is 109 Å². The molecule has 0 aromatic heterocycles. The average Bonchev–Trinajstić information content (AvgIpc) is 3.39. The third-order valence-corrected chi connectivity index (χ3v) is 12.5. The Morgan fingerprint density at radius 3 is 0.863 bits per heavy atom. The SMILES string of the molecule is CC/C=C\C/C=C\C/C=C\C/C=C\C/C=C\C/C=C\C/C=C\C/C=C\CCCCC(=O)OCC(COC(=O)CCCCCCCCC)OC(=O)CCCCCCCCCCC/C=C\C/C=C\CCCCCCC. The van der Waals surface area contributed by atoms with Crippen LogP contribution in [0.3, 0.4) is 0 Å². The van der Waals surface area contributed by atoms with E-state index in [-0.39, 0.29) is 31.1 Å². The maximum atomic E-state index is 12.8. The summed E-state index contributed by atoms with van der Waals surface area (Å²) < 4.78 is 16.8. The number of hydrogen-bond donors (Lipinski definition) is 0. The highest BCUT2D eigenvalue weighted by Crippen LogP contribution is 2.14. The predicted octanol–water partition coefficient (Wildman–Crippen LogP) is 20.4. The van der Waals surface area contributed by atoms with Crippen LogP contribution in [0.15, 0.2) is 122 Å². The molecule has 1 unspecified atom stereocenters. The fourth-order valence-electron chi connectivity index (χ4n) is 7.96. The highest BCUT2D eigenvalue weighted by Gasteiger charge is 2.19. The van der Waals surface area contributed by atoms with Gasteiger partial charge in [0.15, 0.2) is 6.10 Å². The minimum Gasteiger partial charge on any atom is -0.462 e. The standard InChI is InChI=1S/C67H110O6/c1-4-7-10-13-16-18-20-22-24-26-28-30-31-32-33-34-35-37-38-40-42-44-46-48-51-54-57-60-66(69)72-63-64(62-71-65(68)59-56-53-50-15-12-9-6-3)73-67(70)61-58-55-52-49-47-45-43-41-39-36-29-27-25-23-21-19-17-14-11-8-5-2/h7,10,16,18,21-24,27-30,32-33,35,37,40,42,46,48,64H,4-6,8-9,11-15,17,19-20,25-26,31,34,36,38-39,41,43-45,47,49-63H2,1-3H3/b10-7-,18-16-,23-21-,24-22-,29-27-,30-28-,33-32-,37-35-,42-40-,48-46-. The van der Waals surface area contributed by atoms with E-state index in [4.69, 9.17) is 14.2 Å². The van der Waals surface area contributed by atoms with E-state index < -0.39 is 6.10 Å². The molecular formula is C67H110O6. The van der Waals surface area contributed by atoms with Gasteiger partial charge in [-0.2, -0.15) is 0 Å². The molecule has 0 fully saturated rings. The summed E-state index contributed by atoms with van der Waals surface area (Å²) in [6, 6.07) is 0. The summed E-state index contributed by atoms with van der Waals surface area (Å²) in [4.78, 5) is 38.0. The zero-order valence-electron chi connectivity index (χ0n) is 47.4. The van der Waals surface area contributed by atoms with Gasteiger partial charge in [-0.25, -0.2) is 0 Å². The van der Waals surface area contributed by atoms with Crippen LogP contribution < -0.4 is 0 Å². The molecule has 0 aromatic carbocycles. The molecule has 0 heterocycles. The average molecular weight is 1010 g/mol. The van der Waals surface area contributed by atoms with Crippen LogP contribution in [0, 0.1) is 0 Å². The first-order valence-electron chi connectivity index (χ1n) is 30.0.